The van der Waals surface area contributed by atoms with Crippen molar-refractivity contribution in [3.05, 3.63) is 71.8 Å². The van der Waals surface area contributed by atoms with E-state index in [9.17, 15) is 13.2 Å². The Morgan fingerprint density at radius 3 is 2.41 bits per heavy atom. The highest BCUT2D eigenvalue weighted by molar-refractivity contribution is 7.91. The number of carbonyl (C=O) groups excluding carboxylic acids is 1. The lowest BCUT2D eigenvalue weighted by atomic mass is 10.2. The number of benzene rings is 2. The van der Waals surface area contributed by atoms with Gasteiger partial charge in [-0.3, -0.25) is 4.79 Å². The summed E-state index contributed by atoms with van der Waals surface area (Å²) in [5, 5.41) is 7.23. The number of carbonyl (C=O) groups is 1. The summed E-state index contributed by atoms with van der Waals surface area (Å²) in [7, 11) is -3.52. The van der Waals surface area contributed by atoms with E-state index < -0.39 is 9.84 Å². The molecular weight excluding hydrogens is 388 g/mol. The standard InChI is InChI=1S/C18H17ClN4O3S/c19-15-3-7-17(8-4-15)27(25,26)10-9-18(24)21-11-14-1-5-16(6-2-14)23-13-20-12-22-23/h1-8,12-13H,9-11H2,(H,21,24). The van der Waals surface area contributed by atoms with E-state index in [0.717, 1.165) is 11.3 Å². The van der Waals surface area contributed by atoms with Crippen LogP contribution in [0, 0.1) is 0 Å². The van der Waals surface area contributed by atoms with Crippen molar-refractivity contribution in [2.24, 2.45) is 0 Å². The number of sulfone groups is 1. The third-order valence-electron chi connectivity index (χ3n) is 3.88. The second kappa shape index (κ2) is 8.32. The molecule has 0 atom stereocenters. The van der Waals surface area contributed by atoms with Crippen LogP contribution in [0.2, 0.25) is 5.02 Å². The summed E-state index contributed by atoms with van der Waals surface area (Å²) in [6.45, 7) is 0.317. The van der Waals surface area contributed by atoms with Gasteiger partial charge in [-0.1, -0.05) is 23.7 Å². The van der Waals surface area contributed by atoms with Gasteiger partial charge in [0.25, 0.3) is 0 Å². The van der Waals surface area contributed by atoms with Crippen LogP contribution < -0.4 is 5.32 Å². The molecule has 140 valence electrons. The molecule has 3 rings (SSSR count). The Labute approximate surface area is 161 Å². The molecule has 2 aromatic carbocycles. The van der Waals surface area contributed by atoms with Gasteiger partial charge in [-0.15, -0.1) is 0 Å². The maximum absolute atomic E-state index is 12.2. The summed E-state index contributed by atoms with van der Waals surface area (Å²) in [5.41, 5.74) is 1.75. The summed E-state index contributed by atoms with van der Waals surface area (Å²) >= 11 is 5.76. The second-order valence-electron chi connectivity index (χ2n) is 5.81. The van der Waals surface area contributed by atoms with Crippen LogP contribution >= 0.6 is 11.6 Å². The Kier molecular flexibility index (Phi) is 5.88. The molecule has 7 nitrogen and oxygen atoms in total. The topological polar surface area (TPSA) is 94.0 Å². The number of nitrogens with one attached hydrogen (secondary N) is 1. The molecule has 0 radical (unpaired) electrons. The molecule has 0 bridgehead atoms. The number of aromatic nitrogens is 3. The smallest absolute Gasteiger partial charge is 0.221 e. The molecule has 0 saturated carbocycles. The molecule has 0 unspecified atom stereocenters. The molecule has 0 fully saturated rings. The number of nitrogens with zero attached hydrogens (tertiary/aromatic N) is 3. The Morgan fingerprint density at radius 1 is 1.07 bits per heavy atom. The Balaban J connectivity index is 1.50. The predicted molar refractivity (Wildman–Crippen MR) is 101 cm³/mol. The van der Waals surface area contributed by atoms with Gasteiger partial charge >= 0.3 is 0 Å². The molecule has 9 heteroatoms. The summed E-state index contributed by atoms with van der Waals surface area (Å²) in [6.07, 6.45) is 2.94. The van der Waals surface area contributed by atoms with Gasteiger partial charge in [0, 0.05) is 18.0 Å². The van der Waals surface area contributed by atoms with E-state index in [2.05, 4.69) is 15.4 Å². The summed E-state index contributed by atoms with van der Waals surface area (Å²) in [4.78, 5) is 16.0. The van der Waals surface area contributed by atoms with Gasteiger partial charge in [0.1, 0.15) is 12.7 Å². The number of hydrogen-bond acceptors (Lipinski definition) is 5. The zero-order valence-corrected chi connectivity index (χ0v) is 15.8. The normalized spacial score (nSPS) is 11.3. The third-order valence-corrected chi connectivity index (χ3v) is 5.86. The van der Waals surface area contributed by atoms with Crippen molar-refractivity contribution < 1.29 is 13.2 Å². The predicted octanol–water partition coefficient (Wildman–Crippen LogP) is 2.40. The van der Waals surface area contributed by atoms with Gasteiger partial charge < -0.3 is 5.32 Å². The van der Waals surface area contributed by atoms with Gasteiger partial charge in [0.15, 0.2) is 9.84 Å². The Hall–Kier alpha value is -2.71. The minimum atomic E-state index is -3.52. The molecule has 1 amide bonds. The van der Waals surface area contributed by atoms with Gasteiger partial charge in [-0.05, 0) is 42.0 Å². The van der Waals surface area contributed by atoms with Gasteiger partial charge in [0.2, 0.25) is 5.91 Å². The fourth-order valence-corrected chi connectivity index (χ4v) is 3.75. The monoisotopic (exact) mass is 404 g/mol. The van der Waals surface area contributed by atoms with Crippen molar-refractivity contribution in [3.8, 4) is 5.69 Å². The molecule has 1 aromatic heterocycles. The largest absolute Gasteiger partial charge is 0.352 e. The first-order chi connectivity index (χ1) is 12.9. The van der Waals surface area contributed by atoms with E-state index in [-0.39, 0.29) is 23.0 Å². The van der Waals surface area contributed by atoms with E-state index in [1.54, 1.807) is 11.0 Å². The first-order valence-corrected chi connectivity index (χ1v) is 10.2. The van der Waals surface area contributed by atoms with Gasteiger partial charge in [-0.25, -0.2) is 18.1 Å². The van der Waals surface area contributed by atoms with Crippen LogP contribution in [0.5, 0.6) is 0 Å². The molecular formula is C18H17ClN4O3S. The van der Waals surface area contributed by atoms with Crippen LogP contribution in [0.3, 0.4) is 0 Å². The zero-order valence-electron chi connectivity index (χ0n) is 14.2. The van der Waals surface area contributed by atoms with Crippen molar-refractivity contribution >= 4 is 27.3 Å². The quantitative estimate of drug-likeness (QED) is 0.652. The minimum absolute atomic E-state index is 0.109. The van der Waals surface area contributed by atoms with Gasteiger partial charge in [-0.2, -0.15) is 5.10 Å². The molecule has 1 heterocycles. The highest BCUT2D eigenvalue weighted by Gasteiger charge is 2.16. The van der Waals surface area contributed by atoms with E-state index in [0.29, 0.717) is 11.6 Å². The third kappa shape index (κ3) is 5.15. The molecule has 27 heavy (non-hydrogen) atoms. The lowest BCUT2D eigenvalue weighted by molar-refractivity contribution is -0.120. The van der Waals surface area contributed by atoms with E-state index in [1.807, 2.05) is 24.3 Å². The van der Waals surface area contributed by atoms with Crippen molar-refractivity contribution in [1.82, 2.24) is 20.1 Å². The molecule has 0 aliphatic rings. The van der Waals surface area contributed by atoms with Crippen molar-refractivity contribution in [3.63, 3.8) is 0 Å². The number of rotatable bonds is 7. The summed E-state index contributed by atoms with van der Waals surface area (Å²) < 4.78 is 26.1. The van der Waals surface area contributed by atoms with Crippen LogP contribution in [-0.2, 0) is 21.2 Å². The van der Waals surface area contributed by atoms with Crippen molar-refractivity contribution in [2.45, 2.75) is 17.9 Å². The molecule has 0 aliphatic heterocycles. The van der Waals surface area contributed by atoms with Crippen LogP contribution in [0.1, 0.15) is 12.0 Å². The van der Waals surface area contributed by atoms with Crippen molar-refractivity contribution in [2.75, 3.05) is 5.75 Å². The lowest BCUT2D eigenvalue weighted by Gasteiger charge is -2.07. The lowest BCUT2D eigenvalue weighted by Crippen LogP contribution is -2.25. The average Bonchev–Trinajstić information content (AvgIpc) is 3.20. The fraction of sp³-hybridized carbons (Fsp3) is 0.167. The SMILES string of the molecule is O=C(CCS(=O)(=O)c1ccc(Cl)cc1)NCc1ccc(-n2cncn2)cc1. The fourth-order valence-electron chi connectivity index (χ4n) is 2.38. The highest BCUT2D eigenvalue weighted by Crippen LogP contribution is 2.16. The van der Waals surface area contributed by atoms with Crippen LogP contribution in [0.15, 0.2) is 66.1 Å². The number of amides is 1. The highest BCUT2D eigenvalue weighted by atomic mass is 35.5. The van der Waals surface area contributed by atoms with E-state index in [1.165, 1.54) is 30.6 Å². The molecule has 1 N–H and O–H groups in total. The number of halogens is 1. The summed E-state index contributed by atoms with van der Waals surface area (Å²) in [5.74, 6) is -0.584. The molecule has 3 aromatic rings. The molecule has 0 saturated heterocycles. The zero-order chi connectivity index (χ0) is 19.3. The van der Waals surface area contributed by atoms with E-state index >= 15 is 0 Å². The maximum Gasteiger partial charge on any atom is 0.221 e. The van der Waals surface area contributed by atoms with E-state index in [4.69, 9.17) is 11.6 Å². The second-order valence-corrected chi connectivity index (χ2v) is 8.35. The van der Waals surface area contributed by atoms with Crippen LogP contribution in [0.25, 0.3) is 5.69 Å². The number of hydrogen-bond donors (Lipinski definition) is 1. The Morgan fingerprint density at radius 2 is 1.78 bits per heavy atom. The first-order valence-electron chi connectivity index (χ1n) is 8.13. The Bertz CT molecular complexity index is 1000. The maximum atomic E-state index is 12.2. The first kappa shape index (κ1) is 19.1. The van der Waals surface area contributed by atoms with Crippen LogP contribution in [-0.4, -0.2) is 34.8 Å². The van der Waals surface area contributed by atoms with Gasteiger partial charge in [0.05, 0.1) is 16.3 Å². The molecule has 0 aliphatic carbocycles. The van der Waals surface area contributed by atoms with Crippen LogP contribution in [0.4, 0.5) is 0 Å². The average molecular weight is 405 g/mol. The minimum Gasteiger partial charge on any atom is -0.352 e. The molecule has 0 spiro atoms. The van der Waals surface area contributed by atoms with Crippen molar-refractivity contribution in [1.29, 1.82) is 0 Å². The summed E-state index contributed by atoms with van der Waals surface area (Å²) in [6, 6.07) is 13.3.